The molecule has 0 spiro atoms. The van der Waals surface area contributed by atoms with Gasteiger partial charge in [0.05, 0.1) is 0 Å². The van der Waals surface area contributed by atoms with E-state index in [4.69, 9.17) is 0 Å². The third-order valence-electron chi connectivity index (χ3n) is 3.70. The minimum Gasteiger partial charge on any atom is -0.377 e. The van der Waals surface area contributed by atoms with Crippen molar-refractivity contribution in [2.24, 2.45) is 5.92 Å². The molecule has 4 nitrogen and oxygen atoms in total. The van der Waals surface area contributed by atoms with E-state index in [0.29, 0.717) is 6.04 Å². The van der Waals surface area contributed by atoms with Gasteiger partial charge in [-0.1, -0.05) is 33.1 Å². The second-order valence-corrected chi connectivity index (χ2v) is 6.15. The smallest absolute Gasteiger partial charge is 0.242 e. The average Bonchev–Trinajstić information content (AvgIpc) is 2.35. The maximum atomic E-state index is 12.4. The van der Waals surface area contributed by atoms with E-state index in [1.165, 1.54) is 32.3 Å². The maximum Gasteiger partial charge on any atom is 0.242 e. The Hall–Kier alpha value is -1.32. The normalized spacial score (nSPS) is 18.8. The monoisotopic (exact) mass is 280 g/mol. The number of carbonyl (C=O) groups excluding carboxylic acids is 2. The van der Waals surface area contributed by atoms with E-state index in [0.717, 1.165) is 18.5 Å². The van der Waals surface area contributed by atoms with Crippen LogP contribution in [-0.4, -0.2) is 23.8 Å². The molecular weight excluding hydrogens is 252 g/mol. The molecule has 1 fully saturated rings. The zero-order valence-electron chi connectivity index (χ0n) is 13.2. The van der Waals surface area contributed by atoms with Gasteiger partial charge in [0.1, 0.15) is 6.04 Å². The molecular formula is C16H28N2O2. The predicted octanol–water partition coefficient (Wildman–Crippen LogP) is 2.54. The number of nitrogens with one attached hydrogen (secondary N) is 2. The van der Waals surface area contributed by atoms with E-state index in [1.54, 1.807) is 0 Å². The Morgan fingerprint density at radius 3 is 2.20 bits per heavy atom. The van der Waals surface area contributed by atoms with Crippen molar-refractivity contribution in [2.75, 3.05) is 0 Å². The van der Waals surface area contributed by atoms with Crippen LogP contribution in [0, 0.1) is 5.92 Å². The molecule has 2 N–H and O–H groups in total. The fraction of sp³-hybridized carbons (Fsp3) is 0.750. The van der Waals surface area contributed by atoms with Crippen LogP contribution in [0.15, 0.2) is 11.8 Å². The second kappa shape index (κ2) is 8.08. The molecule has 1 aliphatic carbocycles. The van der Waals surface area contributed by atoms with Gasteiger partial charge < -0.3 is 10.6 Å². The van der Waals surface area contributed by atoms with Gasteiger partial charge in [-0.25, -0.2) is 0 Å². The van der Waals surface area contributed by atoms with Gasteiger partial charge in [0.25, 0.3) is 0 Å². The SMILES string of the molecule is CC(=O)/C=C(\C)N[C@H](C(=O)NC1CCCCC1)C(C)C. The minimum atomic E-state index is -0.285. The lowest BCUT2D eigenvalue weighted by Gasteiger charge is -2.28. The Kier molecular flexibility index (Phi) is 6.76. The summed E-state index contributed by atoms with van der Waals surface area (Å²) in [5, 5.41) is 6.31. The molecule has 0 bridgehead atoms. The van der Waals surface area contributed by atoms with Crippen LogP contribution in [0.5, 0.6) is 0 Å². The summed E-state index contributed by atoms with van der Waals surface area (Å²) >= 11 is 0. The lowest BCUT2D eigenvalue weighted by molar-refractivity contribution is -0.125. The summed E-state index contributed by atoms with van der Waals surface area (Å²) in [4.78, 5) is 23.5. The average molecular weight is 280 g/mol. The topological polar surface area (TPSA) is 58.2 Å². The van der Waals surface area contributed by atoms with E-state index in [1.807, 2.05) is 20.8 Å². The van der Waals surface area contributed by atoms with Gasteiger partial charge in [0, 0.05) is 11.7 Å². The largest absolute Gasteiger partial charge is 0.377 e. The molecule has 0 saturated heterocycles. The molecule has 0 heterocycles. The number of allylic oxidation sites excluding steroid dienone is 2. The molecule has 1 atom stereocenters. The molecule has 0 unspecified atom stereocenters. The molecule has 0 aromatic rings. The molecule has 0 aromatic carbocycles. The Balaban J connectivity index is 2.60. The second-order valence-electron chi connectivity index (χ2n) is 6.15. The highest BCUT2D eigenvalue weighted by Crippen LogP contribution is 2.18. The summed E-state index contributed by atoms with van der Waals surface area (Å²) in [6.07, 6.45) is 7.38. The van der Waals surface area contributed by atoms with Gasteiger partial charge >= 0.3 is 0 Å². The van der Waals surface area contributed by atoms with Crippen LogP contribution in [0.1, 0.15) is 59.8 Å². The van der Waals surface area contributed by atoms with Gasteiger partial charge in [0.2, 0.25) is 5.91 Å². The predicted molar refractivity (Wildman–Crippen MR) is 81.2 cm³/mol. The maximum absolute atomic E-state index is 12.4. The molecule has 20 heavy (non-hydrogen) atoms. The Labute approximate surface area is 122 Å². The molecule has 0 aromatic heterocycles. The van der Waals surface area contributed by atoms with Crippen molar-refractivity contribution in [3.63, 3.8) is 0 Å². The van der Waals surface area contributed by atoms with Crippen LogP contribution >= 0.6 is 0 Å². The van der Waals surface area contributed by atoms with Crippen molar-refractivity contribution < 1.29 is 9.59 Å². The van der Waals surface area contributed by atoms with Crippen molar-refractivity contribution >= 4 is 11.7 Å². The fourth-order valence-electron chi connectivity index (χ4n) is 2.66. The number of hydrogen-bond donors (Lipinski definition) is 2. The third-order valence-corrected chi connectivity index (χ3v) is 3.70. The van der Waals surface area contributed by atoms with Crippen molar-refractivity contribution in [1.82, 2.24) is 10.6 Å². The summed E-state index contributed by atoms with van der Waals surface area (Å²) < 4.78 is 0. The van der Waals surface area contributed by atoms with Crippen LogP contribution in [-0.2, 0) is 9.59 Å². The summed E-state index contributed by atoms with van der Waals surface area (Å²) in [7, 11) is 0. The molecule has 1 rings (SSSR count). The molecule has 0 aliphatic heterocycles. The summed E-state index contributed by atoms with van der Waals surface area (Å²) in [6, 6.07) is 0.0314. The van der Waals surface area contributed by atoms with Gasteiger partial charge in [-0.15, -0.1) is 0 Å². The van der Waals surface area contributed by atoms with Crippen LogP contribution in [0.25, 0.3) is 0 Å². The number of ketones is 1. The first kappa shape index (κ1) is 16.7. The number of carbonyl (C=O) groups is 2. The van der Waals surface area contributed by atoms with Gasteiger partial charge in [-0.05, 0) is 38.7 Å². The highest BCUT2D eigenvalue weighted by atomic mass is 16.2. The van der Waals surface area contributed by atoms with Crippen LogP contribution in [0.2, 0.25) is 0 Å². The first-order valence-electron chi connectivity index (χ1n) is 7.66. The first-order valence-corrected chi connectivity index (χ1v) is 7.66. The summed E-state index contributed by atoms with van der Waals surface area (Å²) in [5.74, 6) is 0.210. The van der Waals surface area contributed by atoms with E-state index < -0.39 is 0 Å². The quantitative estimate of drug-likeness (QED) is 0.735. The molecule has 1 saturated carbocycles. The highest BCUT2D eigenvalue weighted by Gasteiger charge is 2.25. The molecule has 114 valence electrons. The van der Waals surface area contributed by atoms with E-state index in [9.17, 15) is 9.59 Å². The van der Waals surface area contributed by atoms with Crippen molar-refractivity contribution in [3.8, 4) is 0 Å². The molecule has 4 heteroatoms. The Morgan fingerprint density at radius 1 is 1.10 bits per heavy atom. The lowest BCUT2D eigenvalue weighted by Crippen LogP contribution is -2.50. The number of hydrogen-bond acceptors (Lipinski definition) is 3. The number of amides is 1. The summed E-state index contributed by atoms with van der Waals surface area (Å²) in [6.45, 7) is 7.36. The van der Waals surface area contributed by atoms with Crippen molar-refractivity contribution in [2.45, 2.75) is 71.9 Å². The van der Waals surface area contributed by atoms with Crippen molar-refractivity contribution in [1.29, 1.82) is 0 Å². The van der Waals surface area contributed by atoms with Crippen LogP contribution < -0.4 is 10.6 Å². The zero-order valence-corrected chi connectivity index (χ0v) is 13.2. The lowest BCUT2D eigenvalue weighted by atomic mass is 9.94. The van der Waals surface area contributed by atoms with Crippen molar-refractivity contribution in [3.05, 3.63) is 11.8 Å². The zero-order chi connectivity index (χ0) is 15.1. The van der Waals surface area contributed by atoms with E-state index in [-0.39, 0.29) is 23.7 Å². The Bertz CT molecular complexity index is 369. The summed E-state index contributed by atoms with van der Waals surface area (Å²) in [5.41, 5.74) is 0.745. The standard InChI is InChI=1S/C16H28N2O2/c1-11(2)15(17-12(3)10-13(4)19)16(20)18-14-8-6-5-7-9-14/h10-11,14-15,17H,5-9H2,1-4H3,(H,18,20)/b12-10+/t15-/m0/s1. The third kappa shape index (κ3) is 5.76. The van der Waals surface area contributed by atoms with Gasteiger partial charge in [0.15, 0.2) is 5.78 Å². The van der Waals surface area contributed by atoms with E-state index in [2.05, 4.69) is 10.6 Å². The molecule has 1 aliphatic rings. The Morgan fingerprint density at radius 2 is 1.70 bits per heavy atom. The highest BCUT2D eigenvalue weighted by molar-refractivity contribution is 5.88. The van der Waals surface area contributed by atoms with Crippen LogP contribution in [0.4, 0.5) is 0 Å². The van der Waals surface area contributed by atoms with Gasteiger partial charge in [-0.2, -0.15) is 0 Å². The minimum absolute atomic E-state index is 0.00908. The number of rotatable bonds is 6. The molecule has 1 amide bonds. The molecule has 0 radical (unpaired) electrons. The van der Waals surface area contributed by atoms with E-state index >= 15 is 0 Å². The first-order chi connectivity index (χ1) is 9.40. The fourth-order valence-corrected chi connectivity index (χ4v) is 2.66. The van der Waals surface area contributed by atoms with Gasteiger partial charge in [-0.3, -0.25) is 9.59 Å². The van der Waals surface area contributed by atoms with Crippen LogP contribution in [0.3, 0.4) is 0 Å².